The van der Waals surface area contributed by atoms with Gasteiger partial charge >= 0.3 is 17.9 Å². The predicted molar refractivity (Wildman–Crippen MR) is 644 cm³/mol. The van der Waals surface area contributed by atoms with E-state index in [2.05, 4.69) is 328 Å². The van der Waals surface area contributed by atoms with E-state index in [0.717, 1.165) is 43.4 Å². The van der Waals surface area contributed by atoms with E-state index in [9.17, 15) is 14.4 Å². The molecule has 3 aromatic carbocycles. The Balaban J connectivity index is -0.00000151. The van der Waals surface area contributed by atoms with E-state index < -0.39 is 225 Å². The van der Waals surface area contributed by atoms with Gasteiger partial charge in [0.15, 0.2) is 166 Å². The average Bonchev–Trinajstić information content (AvgIpc) is 0.799. The molecule has 3 aromatic rings. The van der Waals surface area contributed by atoms with Crippen LogP contribution in [0.4, 0.5) is 0 Å². The quantitative estimate of drug-likeness (QED) is 0.0170. The SMILES string of the molecule is C=C(C)C(=O)OCCC[SiH2]O[Si](C)(C)C[SiH](C)O[SiH](C)C.C=C(C)C(=O)OCCC[SiH2]O[Si](C)(C)C[SiH](C)O[Si](C)(C)C.C=C(C)C(=O)OCCC[SiH2]O[Si](C)(C)C[SiH](C)O[Si](C)(C)C.C=Cc1ccc(C[SiH2]O[Si](C)(C)C[SiH2]O[Si](C)(C)C[SiH2]O[Si](C)(C)C)cc1.C=Cc1ccc([SiH2]O[Si](C)(C)C[SiH2]O[SiH](C)C)cc1.C=Cc1ccc([SiH2]O[Si](C)(C)C[SiH2]O[Si](C)(C)C)cc1. The van der Waals surface area contributed by atoms with Crippen LogP contribution < -0.4 is 10.4 Å². The van der Waals surface area contributed by atoms with E-state index in [1.54, 1.807) is 20.8 Å². The van der Waals surface area contributed by atoms with Crippen molar-refractivity contribution in [2.75, 3.05) is 19.8 Å². The molecular weight excluding hydrogens is 2070 g/mol. The van der Waals surface area contributed by atoms with Gasteiger partial charge in [-0.15, -0.1) is 0 Å². The largest absolute Gasteiger partial charge is 0.463 e. The maximum absolute atomic E-state index is 11.2. The second-order valence-electron chi connectivity index (χ2n) is 43.1. The number of ether oxygens (including phenoxy) is 3. The lowest BCUT2D eigenvalue weighted by Crippen LogP contribution is -2.42. The smallest absolute Gasteiger partial charge is 0.333 e. The van der Waals surface area contributed by atoms with Crippen molar-refractivity contribution in [3.05, 3.63) is 151 Å². The number of hydrogen-bond acceptors (Lipinski definition) is 19. The van der Waals surface area contributed by atoms with E-state index >= 15 is 0 Å². The molecule has 0 heterocycles. The van der Waals surface area contributed by atoms with Crippen LogP contribution in [0.15, 0.2) is 129 Å². The van der Waals surface area contributed by atoms with Crippen LogP contribution in [0.2, 0.25) is 274 Å². The summed E-state index contributed by atoms with van der Waals surface area (Å²) in [7, 11) is -25.9. The van der Waals surface area contributed by atoms with Crippen molar-refractivity contribution in [1.29, 1.82) is 0 Å². The van der Waals surface area contributed by atoms with Gasteiger partial charge in [-0.25, -0.2) is 14.4 Å². The summed E-state index contributed by atoms with van der Waals surface area (Å²) >= 11 is 0. The molecule has 0 spiro atoms. The van der Waals surface area contributed by atoms with Gasteiger partial charge in [-0.2, -0.15) is 0 Å². The van der Waals surface area contributed by atoms with E-state index in [4.69, 9.17) is 67.7 Å². The number of carbonyl (C=O) groups is 3. The van der Waals surface area contributed by atoms with E-state index in [-0.39, 0.29) is 27.7 Å². The number of rotatable bonds is 62. The summed E-state index contributed by atoms with van der Waals surface area (Å²) in [5.41, 5.74) is 14.9. The highest BCUT2D eigenvalue weighted by Gasteiger charge is 2.34. The third-order valence-corrected chi connectivity index (χ3v) is 118. The van der Waals surface area contributed by atoms with Crippen molar-refractivity contribution in [2.45, 2.75) is 320 Å². The second-order valence-corrected chi connectivity index (χ2v) is 129. The molecule has 0 aliphatic carbocycles. The molecule has 0 radical (unpaired) electrons. The molecule has 0 saturated carbocycles. The summed E-state index contributed by atoms with van der Waals surface area (Å²) in [6, 6.07) is 30.2. The molecule has 0 amide bonds. The molecular formula is C86H194O19Si26. The molecule has 19 nitrogen and oxygen atoms in total. The van der Waals surface area contributed by atoms with Crippen molar-refractivity contribution < 1.29 is 82.1 Å². The Kier molecular flexibility index (Phi) is 72.3. The van der Waals surface area contributed by atoms with Crippen LogP contribution in [-0.2, 0) is 88.1 Å². The Labute approximate surface area is 846 Å². The molecule has 3 unspecified atom stereocenters. The van der Waals surface area contributed by atoms with Crippen molar-refractivity contribution in [2.24, 2.45) is 0 Å². The number of benzene rings is 3. The minimum atomic E-state index is -1.57. The summed E-state index contributed by atoms with van der Waals surface area (Å²) in [5, 5.41) is 2.76. The number of hydrogen-bond donors (Lipinski definition) is 0. The molecule has 0 fully saturated rings. The fourth-order valence-electron chi connectivity index (χ4n) is 12.5. The zero-order valence-corrected chi connectivity index (χ0v) is 121. The molecule has 0 aromatic heterocycles. The monoisotopic (exact) mass is 2260 g/mol. The fourth-order valence-corrected chi connectivity index (χ4v) is 98.5. The van der Waals surface area contributed by atoms with Crippen molar-refractivity contribution in [1.82, 2.24) is 0 Å². The van der Waals surface area contributed by atoms with E-state index in [1.807, 2.05) is 18.2 Å². The van der Waals surface area contributed by atoms with Crippen LogP contribution in [0.1, 0.15) is 62.3 Å². The first-order valence-corrected chi connectivity index (χ1v) is 112. The number of esters is 3. The first kappa shape index (κ1) is 135. The Morgan fingerprint density at radius 3 is 0.863 bits per heavy atom. The van der Waals surface area contributed by atoms with Crippen LogP contribution >= 0.6 is 0 Å². The van der Waals surface area contributed by atoms with Gasteiger partial charge in [-0.1, -0.05) is 130 Å². The second kappa shape index (κ2) is 70.3. The maximum Gasteiger partial charge on any atom is 0.333 e. The Morgan fingerprint density at radius 1 is 0.321 bits per heavy atom. The van der Waals surface area contributed by atoms with Gasteiger partial charge in [-0.05, 0) is 353 Å². The molecule has 0 aliphatic rings. The van der Waals surface area contributed by atoms with Gasteiger partial charge < -0.3 is 67.7 Å². The van der Waals surface area contributed by atoms with Crippen molar-refractivity contribution >= 4 is 281 Å². The summed E-state index contributed by atoms with van der Waals surface area (Å²) in [4.78, 5) is 33.7. The molecule has 0 aliphatic heterocycles. The highest BCUT2D eigenvalue weighted by atomic mass is 28.5. The summed E-state index contributed by atoms with van der Waals surface area (Å²) in [5.74, 6) is -0.872. The zero-order valence-electron chi connectivity index (χ0n) is 90.1. The first-order valence-electron chi connectivity index (χ1n) is 48.1. The van der Waals surface area contributed by atoms with Gasteiger partial charge in [0.25, 0.3) is 0 Å². The Hall–Kier alpha value is -0.371. The van der Waals surface area contributed by atoms with Crippen LogP contribution in [0.5, 0.6) is 0 Å². The lowest BCUT2D eigenvalue weighted by atomic mass is 10.1. The molecule has 131 heavy (non-hydrogen) atoms. The molecule has 0 saturated heterocycles. The molecule has 3 rings (SSSR count). The summed E-state index contributed by atoms with van der Waals surface area (Å²) in [6.45, 7) is 104. The van der Waals surface area contributed by atoms with Gasteiger partial charge in [0, 0.05) is 16.7 Å². The molecule has 0 N–H and O–H groups in total. The zero-order chi connectivity index (χ0) is 101. The fraction of sp³-hybridized carbons (Fsp3) is 0.616. The van der Waals surface area contributed by atoms with Crippen molar-refractivity contribution in [3.63, 3.8) is 0 Å². The lowest BCUT2D eigenvalue weighted by Gasteiger charge is -2.30. The lowest BCUT2D eigenvalue weighted by molar-refractivity contribution is -0.139. The first-order chi connectivity index (χ1) is 60.1. The summed E-state index contributed by atoms with van der Waals surface area (Å²) in [6.07, 6.45) is 8.34. The van der Waals surface area contributed by atoms with Gasteiger partial charge in [0.05, 0.1) is 19.8 Å². The molecule has 0 bridgehead atoms. The van der Waals surface area contributed by atoms with Gasteiger partial charge in [0.1, 0.15) is 68.3 Å². The van der Waals surface area contributed by atoms with Gasteiger partial charge in [0.2, 0.25) is 0 Å². The highest BCUT2D eigenvalue weighted by molar-refractivity contribution is 6.91. The van der Waals surface area contributed by atoms with Gasteiger partial charge in [-0.3, -0.25) is 0 Å². The van der Waals surface area contributed by atoms with Crippen LogP contribution in [0.25, 0.3) is 18.2 Å². The molecule has 3 atom stereocenters. The minimum absolute atomic E-state index is 0.290. The van der Waals surface area contributed by atoms with Crippen molar-refractivity contribution in [3.8, 4) is 0 Å². The number of carbonyl (C=O) groups excluding carboxylic acids is 3. The standard InChI is InChI=1S/C18H40O3Si6.2C14H34O4Si4.C14H28O2Si4.C13H32O4Si4.C13H26O2Si4/c1-9-17-10-12-18(13-11-17)14-22-20-26(5,6)16-24-21-27(7,8)15-23-19-25(2,3)4;2*1-13(2)14(15)16-10-9-11-19-17-22(7,8)12-20(3)18-21(4,5)6;1-7-13-8-10-14(11-9-13)18-16-20(5,6)12-17-15-19(2,3)4;1-12(2)13(14)15-9-8-10-18-16-21(6,7)11-20(5)17-19(3)4;1-6-12-7-9-13(10-8-12)17-15-19(4,5)11-16-14-18(2)3/h9-13H,1,14-16,22-24H2,2-8H3;2*20H,1,9-12,19H2,2-8H3;7-11H,1,12,17-18H2,2-6H3;19-20H,1,8-11,18H2,2-7H3;6-10,18H,1,11,16-17H2,2-5H3. The van der Waals surface area contributed by atoms with Crippen LogP contribution in [0, 0.1) is 0 Å². The maximum atomic E-state index is 11.2. The third-order valence-electron chi connectivity index (χ3n) is 19.4. The molecule has 45 heteroatoms. The minimum Gasteiger partial charge on any atom is -0.463 e. The normalized spacial score (nSPS) is 14.0. The average molecular weight is 2260 g/mol. The topological polar surface area (TPSA) is 199 Å². The van der Waals surface area contributed by atoms with E-state index in [1.165, 1.54) is 72.3 Å². The highest BCUT2D eigenvalue weighted by Crippen LogP contribution is 2.23. The van der Waals surface area contributed by atoms with E-state index in [0.29, 0.717) is 36.5 Å². The molecule has 756 valence electrons. The third kappa shape index (κ3) is 86.1. The predicted octanol–water partition coefficient (Wildman–Crippen LogP) is 14.8. The Morgan fingerprint density at radius 2 is 0.588 bits per heavy atom. The van der Waals surface area contributed by atoms with Crippen LogP contribution in [-0.4, -0.2) is 272 Å². The van der Waals surface area contributed by atoms with Crippen LogP contribution in [0.3, 0.4) is 0 Å². The summed E-state index contributed by atoms with van der Waals surface area (Å²) < 4.78 is 96.2. The Bertz CT molecular complexity index is 3580.